The molecule has 2 aromatic heterocycles. The molecule has 0 N–H and O–H groups in total. The van der Waals surface area contributed by atoms with Crippen LogP contribution in [0.4, 0.5) is 0 Å². The molecule has 0 bridgehead atoms. The molecule has 2 saturated heterocycles. The summed E-state index contributed by atoms with van der Waals surface area (Å²) >= 11 is 1.47. The van der Waals surface area contributed by atoms with E-state index in [9.17, 15) is 9.59 Å². The minimum Gasteiger partial charge on any atom is -0.342 e. The van der Waals surface area contributed by atoms with Crippen LogP contribution >= 0.6 is 11.3 Å². The molecule has 0 aromatic carbocycles. The first kappa shape index (κ1) is 19.8. The van der Waals surface area contributed by atoms with Gasteiger partial charge in [0, 0.05) is 44.3 Å². The molecule has 2 atom stereocenters. The number of nitrogens with zero attached hydrogens (tertiary/aromatic N) is 4. The number of carbonyl (C=O) groups excluding carboxylic acids is 2. The number of imidazole rings is 1. The zero-order chi connectivity index (χ0) is 20.9. The van der Waals surface area contributed by atoms with E-state index in [1.165, 1.54) is 24.2 Å². The molecule has 2 amide bonds. The van der Waals surface area contributed by atoms with Crippen LogP contribution in [0, 0.1) is 11.3 Å². The second-order valence-corrected chi connectivity index (χ2v) is 10.5. The fourth-order valence-electron chi connectivity index (χ4n) is 5.18. The Morgan fingerprint density at radius 1 is 1.37 bits per heavy atom. The molecule has 4 heterocycles. The summed E-state index contributed by atoms with van der Waals surface area (Å²) in [4.78, 5) is 36.5. The fraction of sp³-hybridized carbons (Fsp3) is 0.609. The van der Waals surface area contributed by atoms with Crippen LogP contribution < -0.4 is 0 Å². The van der Waals surface area contributed by atoms with Gasteiger partial charge in [0.25, 0.3) is 5.91 Å². The van der Waals surface area contributed by atoms with Crippen LogP contribution in [-0.2, 0) is 4.79 Å². The molecule has 30 heavy (non-hydrogen) atoms. The number of amides is 2. The van der Waals surface area contributed by atoms with Gasteiger partial charge in [0.2, 0.25) is 5.91 Å². The van der Waals surface area contributed by atoms with Gasteiger partial charge in [-0.05, 0) is 56.9 Å². The molecular weight excluding hydrogens is 396 g/mol. The highest BCUT2D eigenvalue weighted by Crippen LogP contribution is 2.50. The van der Waals surface area contributed by atoms with Gasteiger partial charge in [0.05, 0.1) is 22.3 Å². The third-order valence-electron chi connectivity index (χ3n) is 7.08. The van der Waals surface area contributed by atoms with Crippen LogP contribution in [0.25, 0.3) is 0 Å². The highest BCUT2D eigenvalue weighted by Gasteiger charge is 2.57. The largest absolute Gasteiger partial charge is 0.342 e. The number of likely N-dealkylation sites (tertiary alicyclic amines) is 2. The highest BCUT2D eigenvalue weighted by atomic mass is 32.1. The number of aromatic nitrogens is 2. The smallest absolute Gasteiger partial charge is 0.263 e. The molecule has 5 rings (SSSR count). The summed E-state index contributed by atoms with van der Waals surface area (Å²) in [6, 6.07) is 4.11. The van der Waals surface area contributed by atoms with Crippen molar-refractivity contribution in [3.05, 3.63) is 40.6 Å². The average molecular weight is 427 g/mol. The van der Waals surface area contributed by atoms with Crippen LogP contribution in [0.1, 0.15) is 66.9 Å². The van der Waals surface area contributed by atoms with Crippen molar-refractivity contribution in [2.75, 3.05) is 26.2 Å². The van der Waals surface area contributed by atoms with Crippen LogP contribution in [0.5, 0.6) is 0 Å². The third-order valence-corrected chi connectivity index (χ3v) is 7.93. The number of carbonyl (C=O) groups is 2. The third kappa shape index (κ3) is 3.37. The summed E-state index contributed by atoms with van der Waals surface area (Å²) in [5.41, 5.74) is 0.405. The summed E-state index contributed by atoms with van der Waals surface area (Å²) in [6.45, 7) is 7.06. The van der Waals surface area contributed by atoms with Gasteiger partial charge in [-0.3, -0.25) is 9.59 Å². The normalized spacial score (nSPS) is 26.9. The van der Waals surface area contributed by atoms with Gasteiger partial charge < -0.3 is 14.4 Å². The van der Waals surface area contributed by atoms with Gasteiger partial charge >= 0.3 is 0 Å². The SMILES string of the molecule is CC(C)n1cnc(C2CN(C(=O)c3cccs3)CC23CCCN(CC2CC2)C3=O)c1. The van der Waals surface area contributed by atoms with Crippen molar-refractivity contribution >= 4 is 23.2 Å². The molecule has 7 heteroatoms. The Balaban J connectivity index is 1.49. The van der Waals surface area contributed by atoms with E-state index in [4.69, 9.17) is 4.98 Å². The van der Waals surface area contributed by atoms with Gasteiger partial charge in [-0.1, -0.05) is 6.07 Å². The first-order chi connectivity index (χ1) is 14.5. The van der Waals surface area contributed by atoms with Crippen molar-refractivity contribution in [1.82, 2.24) is 19.4 Å². The lowest BCUT2D eigenvalue weighted by molar-refractivity contribution is -0.146. The van der Waals surface area contributed by atoms with Crippen LogP contribution in [0.15, 0.2) is 30.0 Å². The Kier molecular flexibility index (Phi) is 4.96. The first-order valence-electron chi connectivity index (χ1n) is 11.1. The highest BCUT2D eigenvalue weighted by molar-refractivity contribution is 7.12. The lowest BCUT2D eigenvalue weighted by atomic mass is 9.70. The van der Waals surface area contributed by atoms with Crippen molar-refractivity contribution in [2.24, 2.45) is 11.3 Å². The first-order valence-corrected chi connectivity index (χ1v) is 12.0. The topological polar surface area (TPSA) is 58.4 Å². The molecule has 2 aromatic rings. The van der Waals surface area contributed by atoms with E-state index < -0.39 is 5.41 Å². The van der Waals surface area contributed by atoms with E-state index >= 15 is 0 Å². The van der Waals surface area contributed by atoms with E-state index in [1.807, 2.05) is 28.7 Å². The zero-order valence-corrected chi connectivity index (χ0v) is 18.6. The number of hydrogen-bond acceptors (Lipinski definition) is 4. The molecule has 1 aliphatic carbocycles. The van der Waals surface area contributed by atoms with Gasteiger partial charge in [-0.25, -0.2) is 4.98 Å². The quantitative estimate of drug-likeness (QED) is 0.731. The van der Waals surface area contributed by atoms with Gasteiger partial charge in [-0.15, -0.1) is 11.3 Å². The lowest BCUT2D eigenvalue weighted by Crippen LogP contribution is -2.52. The van der Waals surface area contributed by atoms with Crippen molar-refractivity contribution in [2.45, 2.75) is 51.5 Å². The predicted octanol–water partition coefficient (Wildman–Crippen LogP) is 3.78. The molecule has 1 spiro atoms. The Morgan fingerprint density at radius 3 is 2.87 bits per heavy atom. The maximum Gasteiger partial charge on any atom is 0.263 e. The molecule has 3 aliphatic rings. The Labute approximate surface area is 181 Å². The number of hydrogen-bond donors (Lipinski definition) is 0. The van der Waals surface area contributed by atoms with Gasteiger partial charge in [0.1, 0.15) is 0 Å². The van der Waals surface area contributed by atoms with Gasteiger partial charge in [0.15, 0.2) is 0 Å². The standard InChI is InChI=1S/C23H30N4O2S/c1-16(2)27-13-19(24-15-27)18-12-26(21(28)20-5-3-10-30-20)14-23(18)8-4-9-25(22(23)29)11-17-6-7-17/h3,5,10,13,15-18H,4,6-9,11-12,14H2,1-2H3. The van der Waals surface area contributed by atoms with E-state index in [1.54, 1.807) is 0 Å². The van der Waals surface area contributed by atoms with E-state index in [2.05, 4.69) is 29.5 Å². The van der Waals surface area contributed by atoms with Crippen molar-refractivity contribution in [3.63, 3.8) is 0 Å². The Morgan fingerprint density at radius 2 is 2.20 bits per heavy atom. The summed E-state index contributed by atoms with van der Waals surface area (Å²) in [5, 5.41) is 1.93. The molecule has 2 aliphatic heterocycles. The van der Waals surface area contributed by atoms with Crippen LogP contribution in [-0.4, -0.2) is 57.3 Å². The second kappa shape index (κ2) is 7.52. The number of rotatable bonds is 5. The summed E-state index contributed by atoms with van der Waals surface area (Å²) in [7, 11) is 0. The molecule has 0 radical (unpaired) electrons. The minimum absolute atomic E-state index is 0.0438. The van der Waals surface area contributed by atoms with Crippen LogP contribution in [0.2, 0.25) is 0 Å². The second-order valence-electron chi connectivity index (χ2n) is 9.51. The average Bonchev–Trinajstić information content (AvgIpc) is 3.17. The Bertz CT molecular complexity index is 933. The van der Waals surface area contributed by atoms with Crippen molar-refractivity contribution < 1.29 is 9.59 Å². The van der Waals surface area contributed by atoms with E-state index in [-0.39, 0.29) is 17.7 Å². The zero-order valence-electron chi connectivity index (χ0n) is 17.8. The number of thiophene rings is 1. The molecule has 1 saturated carbocycles. The molecular formula is C23H30N4O2S. The van der Waals surface area contributed by atoms with Crippen LogP contribution in [0.3, 0.4) is 0 Å². The van der Waals surface area contributed by atoms with E-state index in [0.29, 0.717) is 25.0 Å². The molecule has 160 valence electrons. The van der Waals surface area contributed by atoms with Crippen molar-refractivity contribution in [1.29, 1.82) is 0 Å². The summed E-state index contributed by atoms with van der Waals surface area (Å²) < 4.78 is 2.10. The molecule has 3 fully saturated rings. The lowest BCUT2D eigenvalue weighted by Gasteiger charge is -2.42. The predicted molar refractivity (Wildman–Crippen MR) is 117 cm³/mol. The summed E-state index contributed by atoms with van der Waals surface area (Å²) in [6.07, 6.45) is 8.27. The monoisotopic (exact) mass is 426 g/mol. The maximum atomic E-state index is 13.8. The summed E-state index contributed by atoms with van der Waals surface area (Å²) in [5.74, 6) is 0.914. The maximum absolute atomic E-state index is 13.8. The van der Waals surface area contributed by atoms with Crippen molar-refractivity contribution in [3.8, 4) is 0 Å². The fourth-order valence-corrected chi connectivity index (χ4v) is 5.87. The minimum atomic E-state index is -0.545. The molecule has 2 unspecified atom stereocenters. The molecule has 6 nitrogen and oxygen atoms in total. The van der Waals surface area contributed by atoms with Gasteiger partial charge in [-0.2, -0.15) is 0 Å². The van der Waals surface area contributed by atoms with E-state index in [0.717, 1.165) is 36.5 Å². The Hall–Kier alpha value is -2.15. The number of piperidine rings is 1.